The van der Waals surface area contributed by atoms with Crippen LogP contribution in [0.4, 0.5) is 5.95 Å². The minimum Gasteiger partial charge on any atom is -0.508 e. The van der Waals surface area contributed by atoms with Gasteiger partial charge < -0.3 is 25.8 Å². The van der Waals surface area contributed by atoms with Crippen molar-refractivity contribution in [3.05, 3.63) is 69.2 Å². The Morgan fingerprint density at radius 2 is 1.77 bits per heavy atom. The number of nitrogens with zero attached hydrogens (tertiary/aromatic N) is 2. The molecule has 0 fully saturated rings. The molecule has 2 heterocycles. The molecule has 10 nitrogen and oxygen atoms in total. The number of carbonyl (C=O) groups is 3. The van der Waals surface area contributed by atoms with Gasteiger partial charge in [-0.05, 0) is 61.2 Å². The van der Waals surface area contributed by atoms with Gasteiger partial charge in [0.15, 0.2) is 0 Å². The third-order valence-electron chi connectivity index (χ3n) is 5.78. The molecule has 0 saturated carbocycles. The molecule has 2 aromatic heterocycles. The van der Waals surface area contributed by atoms with Crippen LogP contribution >= 0.6 is 11.3 Å². The van der Waals surface area contributed by atoms with Crippen LogP contribution in [-0.4, -0.2) is 58.6 Å². The summed E-state index contributed by atoms with van der Waals surface area (Å²) in [5.41, 5.74) is 1.92. The van der Waals surface area contributed by atoms with Gasteiger partial charge in [0.05, 0.1) is 28.4 Å². The molecule has 3 rings (SSSR count). The highest BCUT2D eigenvalue weighted by atomic mass is 32.1. The summed E-state index contributed by atoms with van der Waals surface area (Å²) in [6.45, 7) is 9.81. The molecule has 0 bridgehead atoms. The van der Waals surface area contributed by atoms with Crippen LogP contribution in [0.2, 0.25) is 0 Å². The first kappa shape index (κ1) is 30.6. The number of carbonyl (C=O) groups excluding carboxylic acids is 3. The molecule has 0 aliphatic carbocycles. The first-order chi connectivity index (χ1) is 18.9. The number of hydrogen-bond donors (Lipinski definition) is 4. The number of benzene rings is 1. The van der Waals surface area contributed by atoms with Crippen LogP contribution in [0.1, 0.15) is 64.2 Å². The lowest BCUT2D eigenvalue weighted by Crippen LogP contribution is -2.49. The number of ether oxygens (including phenoxy) is 1. The first-order valence-electron chi connectivity index (χ1n) is 13.1. The van der Waals surface area contributed by atoms with Gasteiger partial charge in [-0.1, -0.05) is 39.0 Å². The number of esters is 1. The normalized spacial score (nSPS) is 11.9. The van der Waals surface area contributed by atoms with E-state index in [0.717, 1.165) is 18.4 Å². The number of phenolic OH excluding ortho intramolecular Hbond substituents is 1. The molecule has 0 aliphatic heterocycles. The Kier molecular flexibility index (Phi) is 10.6. The van der Waals surface area contributed by atoms with Crippen molar-refractivity contribution in [2.75, 3.05) is 25.0 Å². The first-order valence-corrected chi connectivity index (χ1v) is 14.0. The van der Waals surface area contributed by atoms with E-state index in [-0.39, 0.29) is 35.8 Å². The summed E-state index contributed by atoms with van der Waals surface area (Å²) < 4.78 is 5.44. The van der Waals surface area contributed by atoms with Crippen LogP contribution in [-0.2, 0) is 16.0 Å². The third-order valence-corrected chi connectivity index (χ3v) is 6.65. The van der Waals surface area contributed by atoms with Gasteiger partial charge in [0.25, 0.3) is 11.8 Å². The van der Waals surface area contributed by atoms with Gasteiger partial charge in [0.1, 0.15) is 11.8 Å². The van der Waals surface area contributed by atoms with Gasteiger partial charge >= 0.3 is 5.97 Å². The summed E-state index contributed by atoms with van der Waals surface area (Å²) in [5, 5.41) is 20.0. The molecule has 4 N–H and O–H groups in total. The predicted octanol–water partition coefficient (Wildman–Crippen LogP) is 4.02. The second kappa shape index (κ2) is 13.9. The highest BCUT2D eigenvalue weighted by molar-refractivity contribution is 7.12. The summed E-state index contributed by atoms with van der Waals surface area (Å²) in [5.74, 6) is -0.882. The summed E-state index contributed by atoms with van der Waals surface area (Å²) in [6.07, 6.45) is 1.57. The molecule has 1 unspecified atom stereocenters. The second-order valence-electron chi connectivity index (χ2n) is 10.7. The molecule has 1 atom stereocenters. The minimum atomic E-state index is -1.10. The standard InChI is InChI=1S/C29H37N5O5S/c1-18-24(19(2)33-28(32-18)30-13-7-10-20-9-6-11-21(35)15-20)26(37)34-22(27(38)39-17-29(3,4)5)16-31-25(36)23-12-8-14-40-23/h6,8-9,11-12,14-15,22,35H,7,10,13,16-17H2,1-5H3,(H,31,36)(H,34,37)(H,30,32,33). The molecule has 40 heavy (non-hydrogen) atoms. The smallest absolute Gasteiger partial charge is 0.330 e. The topological polar surface area (TPSA) is 143 Å². The third kappa shape index (κ3) is 9.33. The number of rotatable bonds is 12. The highest BCUT2D eigenvalue weighted by Gasteiger charge is 2.27. The molecule has 0 spiro atoms. The molecule has 11 heteroatoms. The Hall–Kier alpha value is -3.99. The lowest BCUT2D eigenvalue weighted by Gasteiger charge is -2.23. The second-order valence-corrected chi connectivity index (χ2v) is 11.6. The van der Waals surface area contributed by atoms with E-state index in [0.29, 0.717) is 28.8 Å². The molecule has 2 amide bonds. The summed E-state index contributed by atoms with van der Waals surface area (Å²) >= 11 is 1.28. The Morgan fingerprint density at radius 3 is 2.40 bits per heavy atom. The molecule has 214 valence electrons. The Bertz CT molecular complexity index is 1300. The molecule has 3 aromatic rings. The number of aromatic nitrogens is 2. The lowest BCUT2D eigenvalue weighted by atomic mass is 9.99. The van der Waals surface area contributed by atoms with Crippen molar-refractivity contribution < 1.29 is 24.2 Å². The van der Waals surface area contributed by atoms with Crippen molar-refractivity contribution in [2.24, 2.45) is 5.41 Å². The van der Waals surface area contributed by atoms with Crippen LogP contribution < -0.4 is 16.0 Å². The average molecular weight is 568 g/mol. The van der Waals surface area contributed by atoms with Gasteiger partial charge in [-0.2, -0.15) is 0 Å². The number of hydrogen-bond acceptors (Lipinski definition) is 9. The molecule has 1 aromatic carbocycles. The number of aryl methyl sites for hydroxylation is 3. The largest absolute Gasteiger partial charge is 0.508 e. The highest BCUT2D eigenvalue weighted by Crippen LogP contribution is 2.16. The van der Waals surface area contributed by atoms with E-state index in [2.05, 4.69) is 25.9 Å². The average Bonchev–Trinajstić information content (AvgIpc) is 3.42. The Balaban J connectivity index is 1.64. The zero-order valence-electron chi connectivity index (χ0n) is 23.5. The number of anilines is 1. The fraction of sp³-hybridized carbons (Fsp3) is 0.414. The number of nitrogens with one attached hydrogen (secondary N) is 3. The van der Waals surface area contributed by atoms with Crippen molar-refractivity contribution in [3.63, 3.8) is 0 Å². The number of aromatic hydroxyl groups is 1. The van der Waals surface area contributed by atoms with Crippen molar-refractivity contribution in [2.45, 2.75) is 53.5 Å². The summed E-state index contributed by atoms with van der Waals surface area (Å²) in [7, 11) is 0. The maximum absolute atomic E-state index is 13.3. The predicted molar refractivity (Wildman–Crippen MR) is 155 cm³/mol. The lowest BCUT2D eigenvalue weighted by molar-refractivity contribution is -0.148. The fourth-order valence-corrected chi connectivity index (χ4v) is 4.47. The molecule has 0 aliphatic rings. The van der Waals surface area contributed by atoms with Gasteiger partial charge in [0, 0.05) is 13.1 Å². The van der Waals surface area contributed by atoms with Gasteiger partial charge in [-0.15, -0.1) is 11.3 Å². The van der Waals surface area contributed by atoms with Crippen molar-refractivity contribution in [3.8, 4) is 5.75 Å². The van der Waals surface area contributed by atoms with E-state index in [1.54, 1.807) is 43.5 Å². The molecular formula is C29H37N5O5S. The van der Waals surface area contributed by atoms with Crippen LogP contribution in [0.25, 0.3) is 0 Å². The van der Waals surface area contributed by atoms with E-state index < -0.39 is 17.9 Å². The van der Waals surface area contributed by atoms with Crippen LogP contribution in [0.3, 0.4) is 0 Å². The monoisotopic (exact) mass is 567 g/mol. The van der Waals surface area contributed by atoms with Crippen molar-refractivity contribution in [1.29, 1.82) is 0 Å². The Labute approximate surface area is 238 Å². The van der Waals surface area contributed by atoms with Crippen molar-refractivity contribution >= 4 is 35.1 Å². The van der Waals surface area contributed by atoms with Crippen LogP contribution in [0, 0.1) is 19.3 Å². The maximum Gasteiger partial charge on any atom is 0.330 e. The van der Waals surface area contributed by atoms with Gasteiger partial charge in [-0.25, -0.2) is 14.8 Å². The SMILES string of the molecule is Cc1nc(NCCCc2cccc(O)c2)nc(C)c1C(=O)NC(CNC(=O)c1cccs1)C(=O)OCC(C)(C)C. The van der Waals surface area contributed by atoms with E-state index in [9.17, 15) is 19.5 Å². The van der Waals surface area contributed by atoms with E-state index in [1.807, 2.05) is 32.9 Å². The minimum absolute atomic E-state index is 0.136. The molecular weight excluding hydrogens is 530 g/mol. The zero-order valence-corrected chi connectivity index (χ0v) is 24.4. The fourth-order valence-electron chi connectivity index (χ4n) is 3.83. The quantitative estimate of drug-likeness (QED) is 0.190. The van der Waals surface area contributed by atoms with Crippen molar-refractivity contribution in [1.82, 2.24) is 20.6 Å². The van der Waals surface area contributed by atoms with E-state index in [1.165, 1.54) is 11.3 Å². The van der Waals surface area contributed by atoms with E-state index in [4.69, 9.17) is 4.74 Å². The zero-order chi connectivity index (χ0) is 29.3. The maximum atomic E-state index is 13.3. The van der Waals surface area contributed by atoms with Crippen LogP contribution in [0.15, 0.2) is 41.8 Å². The summed E-state index contributed by atoms with van der Waals surface area (Å²) in [6, 6.07) is 9.47. The summed E-state index contributed by atoms with van der Waals surface area (Å²) in [4.78, 5) is 48.0. The Morgan fingerprint density at radius 1 is 1.05 bits per heavy atom. The number of thiophene rings is 1. The number of phenols is 1. The van der Waals surface area contributed by atoms with Gasteiger partial charge in [0.2, 0.25) is 5.95 Å². The van der Waals surface area contributed by atoms with Crippen LogP contribution in [0.5, 0.6) is 5.75 Å². The molecule has 0 saturated heterocycles. The number of amides is 2. The van der Waals surface area contributed by atoms with E-state index >= 15 is 0 Å². The van der Waals surface area contributed by atoms with Gasteiger partial charge in [-0.3, -0.25) is 9.59 Å². The molecule has 0 radical (unpaired) electrons.